The highest BCUT2D eigenvalue weighted by Crippen LogP contribution is 2.23. The minimum absolute atomic E-state index is 0.209. The van der Waals surface area contributed by atoms with E-state index in [4.69, 9.17) is 4.74 Å². The molecule has 0 spiro atoms. The molecule has 0 heterocycles. The lowest BCUT2D eigenvalue weighted by atomic mass is 9.94. The highest BCUT2D eigenvalue weighted by Gasteiger charge is 2.23. The molecule has 0 aromatic heterocycles. The second kappa shape index (κ2) is 9.01. The predicted octanol–water partition coefficient (Wildman–Crippen LogP) is 3.47. The van der Waals surface area contributed by atoms with E-state index in [1.165, 1.54) is 19.3 Å². The van der Waals surface area contributed by atoms with Gasteiger partial charge in [-0.15, -0.1) is 0 Å². The van der Waals surface area contributed by atoms with Gasteiger partial charge < -0.3 is 15.0 Å². The van der Waals surface area contributed by atoms with Crippen LogP contribution in [0.2, 0.25) is 0 Å². The van der Waals surface area contributed by atoms with Gasteiger partial charge in [0, 0.05) is 25.6 Å². The molecule has 1 aliphatic rings. The van der Waals surface area contributed by atoms with Crippen LogP contribution in [0.5, 0.6) is 0 Å². The van der Waals surface area contributed by atoms with E-state index in [-0.39, 0.29) is 5.91 Å². The van der Waals surface area contributed by atoms with Gasteiger partial charge in [-0.3, -0.25) is 4.79 Å². The van der Waals surface area contributed by atoms with E-state index in [0.717, 1.165) is 19.4 Å². The van der Waals surface area contributed by atoms with Crippen molar-refractivity contribution < 1.29 is 14.3 Å². The summed E-state index contributed by atoms with van der Waals surface area (Å²) < 4.78 is 5.16. The minimum Gasteiger partial charge on any atom is -0.444 e. The van der Waals surface area contributed by atoms with Gasteiger partial charge in [0.2, 0.25) is 5.91 Å². The number of hydrogen-bond donors (Lipinski definition) is 1. The van der Waals surface area contributed by atoms with E-state index < -0.39 is 11.7 Å². The summed E-state index contributed by atoms with van der Waals surface area (Å²) in [5.41, 5.74) is -0.486. The van der Waals surface area contributed by atoms with Crippen LogP contribution in [0.4, 0.5) is 4.79 Å². The molecular formula is C17H32N2O3. The van der Waals surface area contributed by atoms with Crippen molar-refractivity contribution in [2.45, 2.75) is 84.3 Å². The van der Waals surface area contributed by atoms with Gasteiger partial charge in [-0.25, -0.2) is 4.79 Å². The molecule has 2 amide bonds. The Bertz CT molecular complexity index is 357. The van der Waals surface area contributed by atoms with Gasteiger partial charge in [0.1, 0.15) is 5.60 Å². The van der Waals surface area contributed by atoms with Crippen LogP contribution in [0.25, 0.3) is 0 Å². The average molecular weight is 312 g/mol. The maximum atomic E-state index is 12.3. The number of carbonyl (C=O) groups excluding carboxylic acids is 2. The summed E-state index contributed by atoms with van der Waals surface area (Å²) in [4.78, 5) is 25.9. The van der Waals surface area contributed by atoms with Crippen molar-refractivity contribution in [2.24, 2.45) is 0 Å². The molecule has 0 atom stereocenters. The molecule has 0 aromatic carbocycles. The number of ether oxygens (including phenoxy) is 1. The van der Waals surface area contributed by atoms with Crippen molar-refractivity contribution >= 4 is 12.0 Å². The van der Waals surface area contributed by atoms with Crippen LogP contribution in [0, 0.1) is 0 Å². The molecule has 5 nitrogen and oxygen atoms in total. The summed E-state index contributed by atoms with van der Waals surface area (Å²) in [7, 11) is 0. The Morgan fingerprint density at radius 1 is 1.18 bits per heavy atom. The lowest BCUT2D eigenvalue weighted by Crippen LogP contribution is -2.41. The molecule has 5 heteroatoms. The third kappa shape index (κ3) is 7.14. The van der Waals surface area contributed by atoms with Crippen molar-refractivity contribution in [3.63, 3.8) is 0 Å². The molecule has 1 N–H and O–H groups in total. The zero-order valence-electron chi connectivity index (χ0n) is 14.6. The van der Waals surface area contributed by atoms with E-state index in [1.807, 2.05) is 32.6 Å². The topological polar surface area (TPSA) is 58.6 Å². The fraction of sp³-hybridized carbons (Fsp3) is 0.882. The van der Waals surface area contributed by atoms with E-state index >= 15 is 0 Å². The zero-order chi connectivity index (χ0) is 16.6. The molecule has 0 aromatic rings. The van der Waals surface area contributed by atoms with E-state index in [0.29, 0.717) is 25.4 Å². The molecular weight excluding hydrogens is 280 g/mol. The maximum Gasteiger partial charge on any atom is 0.407 e. The second-order valence-electron chi connectivity index (χ2n) is 7.00. The monoisotopic (exact) mass is 312 g/mol. The summed E-state index contributed by atoms with van der Waals surface area (Å²) in [6, 6.07) is 0.421. The SMILES string of the molecule is CCN(C(=O)CCCNC(=O)OC(C)(C)C)C1CCCCC1. The quantitative estimate of drug-likeness (QED) is 0.764. The Morgan fingerprint density at radius 2 is 1.82 bits per heavy atom. The predicted molar refractivity (Wildman–Crippen MR) is 87.7 cm³/mol. The summed E-state index contributed by atoms with van der Waals surface area (Å²) in [6.45, 7) is 8.80. The van der Waals surface area contributed by atoms with Gasteiger partial charge >= 0.3 is 6.09 Å². The Balaban J connectivity index is 2.25. The molecule has 1 saturated carbocycles. The average Bonchev–Trinajstić information content (AvgIpc) is 2.44. The first-order valence-electron chi connectivity index (χ1n) is 8.60. The fourth-order valence-corrected chi connectivity index (χ4v) is 2.92. The maximum absolute atomic E-state index is 12.3. The number of nitrogens with one attached hydrogen (secondary N) is 1. The van der Waals surface area contributed by atoms with Crippen molar-refractivity contribution in [3.05, 3.63) is 0 Å². The zero-order valence-corrected chi connectivity index (χ0v) is 14.6. The molecule has 0 unspecified atom stereocenters. The number of rotatable bonds is 6. The van der Waals surface area contributed by atoms with Crippen LogP contribution >= 0.6 is 0 Å². The molecule has 128 valence electrons. The van der Waals surface area contributed by atoms with Gasteiger partial charge in [-0.1, -0.05) is 19.3 Å². The Kier molecular flexibility index (Phi) is 7.69. The van der Waals surface area contributed by atoms with Gasteiger partial charge in [-0.05, 0) is 47.0 Å². The molecule has 0 saturated heterocycles. The number of alkyl carbamates (subject to hydrolysis) is 1. The summed E-state index contributed by atoms with van der Waals surface area (Å²) in [5, 5.41) is 2.70. The molecule has 0 aliphatic heterocycles. The highest BCUT2D eigenvalue weighted by molar-refractivity contribution is 5.76. The first kappa shape index (κ1) is 18.8. The Hall–Kier alpha value is -1.26. The second-order valence-corrected chi connectivity index (χ2v) is 7.00. The van der Waals surface area contributed by atoms with Gasteiger partial charge in [0.15, 0.2) is 0 Å². The number of nitrogens with zero attached hydrogens (tertiary/aromatic N) is 1. The number of amides is 2. The molecule has 0 bridgehead atoms. The van der Waals surface area contributed by atoms with Crippen LogP contribution in [-0.2, 0) is 9.53 Å². The highest BCUT2D eigenvalue weighted by atomic mass is 16.6. The van der Waals surface area contributed by atoms with Gasteiger partial charge in [0.05, 0.1) is 0 Å². The molecule has 1 rings (SSSR count). The summed E-state index contributed by atoms with van der Waals surface area (Å²) in [5.74, 6) is 0.209. The van der Waals surface area contributed by atoms with E-state index in [1.54, 1.807) is 0 Å². The normalized spacial score (nSPS) is 16.2. The lowest BCUT2D eigenvalue weighted by Gasteiger charge is -2.33. The van der Waals surface area contributed by atoms with E-state index in [9.17, 15) is 9.59 Å². The smallest absolute Gasteiger partial charge is 0.407 e. The van der Waals surface area contributed by atoms with Crippen LogP contribution in [0.3, 0.4) is 0 Å². The van der Waals surface area contributed by atoms with Crippen molar-refractivity contribution in [1.29, 1.82) is 0 Å². The first-order chi connectivity index (χ1) is 10.3. The third-order valence-electron chi connectivity index (χ3n) is 3.91. The van der Waals surface area contributed by atoms with Crippen LogP contribution in [0.1, 0.15) is 72.6 Å². The van der Waals surface area contributed by atoms with Crippen molar-refractivity contribution in [2.75, 3.05) is 13.1 Å². The number of hydrogen-bond acceptors (Lipinski definition) is 3. The van der Waals surface area contributed by atoms with Gasteiger partial charge in [-0.2, -0.15) is 0 Å². The van der Waals surface area contributed by atoms with Crippen molar-refractivity contribution in [1.82, 2.24) is 10.2 Å². The van der Waals surface area contributed by atoms with Crippen molar-refractivity contribution in [3.8, 4) is 0 Å². The molecule has 1 aliphatic carbocycles. The summed E-state index contributed by atoms with van der Waals surface area (Å²) in [6.07, 6.45) is 6.75. The first-order valence-corrected chi connectivity index (χ1v) is 8.60. The molecule has 22 heavy (non-hydrogen) atoms. The largest absolute Gasteiger partial charge is 0.444 e. The van der Waals surface area contributed by atoms with Crippen LogP contribution in [-0.4, -0.2) is 41.6 Å². The standard InChI is InChI=1S/C17H32N2O3/c1-5-19(14-10-7-6-8-11-14)15(20)12-9-13-18-16(21)22-17(2,3)4/h14H,5-13H2,1-4H3,(H,18,21). The van der Waals surface area contributed by atoms with Crippen LogP contribution in [0.15, 0.2) is 0 Å². The van der Waals surface area contributed by atoms with Crippen LogP contribution < -0.4 is 5.32 Å². The Morgan fingerprint density at radius 3 is 2.36 bits per heavy atom. The van der Waals surface area contributed by atoms with Gasteiger partial charge in [0.25, 0.3) is 0 Å². The fourth-order valence-electron chi connectivity index (χ4n) is 2.92. The molecule has 1 fully saturated rings. The number of carbonyl (C=O) groups is 2. The minimum atomic E-state index is -0.486. The van der Waals surface area contributed by atoms with E-state index in [2.05, 4.69) is 5.32 Å². The summed E-state index contributed by atoms with van der Waals surface area (Å²) >= 11 is 0. The lowest BCUT2D eigenvalue weighted by molar-refractivity contribution is -0.134. The third-order valence-corrected chi connectivity index (χ3v) is 3.91. The Labute approximate surface area is 134 Å². The molecule has 0 radical (unpaired) electrons.